The Morgan fingerprint density at radius 1 is 1.46 bits per heavy atom. The summed E-state index contributed by atoms with van der Waals surface area (Å²) in [5.74, 6) is 1.20. The van der Waals surface area contributed by atoms with Gasteiger partial charge in [-0.25, -0.2) is 9.18 Å². The lowest BCUT2D eigenvalue weighted by molar-refractivity contribution is 0.191. The highest BCUT2D eigenvalue weighted by Crippen LogP contribution is 2.30. The molecule has 2 heterocycles. The molecule has 0 aliphatic carbocycles. The number of likely N-dealkylation sites (tertiary alicyclic amines) is 1. The summed E-state index contributed by atoms with van der Waals surface area (Å²) in [6.07, 6.45) is 3.49. The van der Waals surface area contributed by atoms with Crippen molar-refractivity contribution >= 4 is 17.8 Å². The van der Waals surface area contributed by atoms with Gasteiger partial charge in [-0.15, -0.1) is 22.0 Å². The summed E-state index contributed by atoms with van der Waals surface area (Å²) >= 11 is 1.40. The predicted molar refractivity (Wildman–Crippen MR) is 90.2 cm³/mol. The van der Waals surface area contributed by atoms with Crippen molar-refractivity contribution in [3.63, 3.8) is 0 Å². The van der Waals surface area contributed by atoms with Crippen molar-refractivity contribution in [1.29, 1.82) is 0 Å². The van der Waals surface area contributed by atoms with Gasteiger partial charge in [0.1, 0.15) is 12.1 Å². The highest BCUT2D eigenvalue weighted by Gasteiger charge is 2.32. The molecule has 0 saturated carbocycles. The SMILES string of the molecule is Cn1cnnc1[C@H]1CCCN1C(=O)NCCSc1ccccc1F. The molecule has 1 aromatic heterocycles. The summed E-state index contributed by atoms with van der Waals surface area (Å²) in [7, 11) is 1.88. The summed E-state index contributed by atoms with van der Waals surface area (Å²) < 4.78 is 15.4. The van der Waals surface area contributed by atoms with E-state index in [-0.39, 0.29) is 17.9 Å². The van der Waals surface area contributed by atoms with E-state index >= 15 is 0 Å². The fourth-order valence-electron chi connectivity index (χ4n) is 2.85. The molecule has 0 unspecified atom stereocenters. The number of amides is 2. The summed E-state index contributed by atoms with van der Waals surface area (Å²) in [6, 6.07) is 6.52. The molecule has 3 rings (SSSR count). The van der Waals surface area contributed by atoms with Crippen molar-refractivity contribution in [2.75, 3.05) is 18.8 Å². The quantitative estimate of drug-likeness (QED) is 0.666. The van der Waals surface area contributed by atoms with Gasteiger partial charge >= 0.3 is 6.03 Å². The molecule has 1 atom stereocenters. The zero-order chi connectivity index (χ0) is 16.9. The second kappa shape index (κ2) is 7.65. The van der Waals surface area contributed by atoms with Crippen LogP contribution in [-0.4, -0.2) is 44.5 Å². The Labute approximate surface area is 144 Å². The number of nitrogens with zero attached hydrogens (tertiary/aromatic N) is 4. The zero-order valence-electron chi connectivity index (χ0n) is 13.5. The molecule has 1 aromatic carbocycles. The van der Waals surface area contributed by atoms with Crippen LogP contribution in [0, 0.1) is 5.82 Å². The van der Waals surface area contributed by atoms with Crippen molar-refractivity contribution in [2.45, 2.75) is 23.8 Å². The number of urea groups is 1. The van der Waals surface area contributed by atoms with Crippen LogP contribution >= 0.6 is 11.8 Å². The molecule has 6 nitrogen and oxygen atoms in total. The molecule has 0 bridgehead atoms. The third-order valence-electron chi connectivity index (χ3n) is 4.03. The van der Waals surface area contributed by atoms with Gasteiger partial charge in [0.25, 0.3) is 0 Å². The van der Waals surface area contributed by atoms with Gasteiger partial charge in [0.05, 0.1) is 6.04 Å². The highest BCUT2D eigenvalue weighted by atomic mass is 32.2. The summed E-state index contributed by atoms with van der Waals surface area (Å²) in [5, 5.41) is 10.9. The zero-order valence-corrected chi connectivity index (χ0v) is 14.3. The Bertz CT molecular complexity index is 707. The Kier molecular flexibility index (Phi) is 5.34. The minimum atomic E-state index is -0.226. The first-order valence-corrected chi connectivity index (χ1v) is 8.91. The van der Waals surface area contributed by atoms with Crippen LogP contribution < -0.4 is 5.32 Å². The van der Waals surface area contributed by atoms with Crippen LogP contribution in [0.4, 0.5) is 9.18 Å². The summed E-state index contributed by atoms with van der Waals surface area (Å²) in [5.41, 5.74) is 0. The normalized spacial score (nSPS) is 17.2. The molecule has 128 valence electrons. The topological polar surface area (TPSA) is 63.1 Å². The maximum Gasteiger partial charge on any atom is 0.318 e. The molecule has 1 fully saturated rings. The minimum Gasteiger partial charge on any atom is -0.337 e. The first-order valence-electron chi connectivity index (χ1n) is 7.92. The van der Waals surface area contributed by atoms with Gasteiger partial charge in [0, 0.05) is 30.8 Å². The van der Waals surface area contributed by atoms with E-state index in [0.717, 1.165) is 18.7 Å². The second-order valence-corrected chi connectivity index (χ2v) is 6.80. The molecule has 1 N–H and O–H groups in total. The van der Waals surface area contributed by atoms with Gasteiger partial charge in [0.15, 0.2) is 5.82 Å². The number of halogens is 1. The average Bonchev–Trinajstić information content (AvgIpc) is 3.21. The minimum absolute atomic E-state index is 0.0308. The molecule has 1 aliphatic heterocycles. The third kappa shape index (κ3) is 3.69. The molecule has 24 heavy (non-hydrogen) atoms. The number of aromatic nitrogens is 3. The van der Waals surface area contributed by atoms with Crippen LogP contribution in [0.5, 0.6) is 0 Å². The molecular weight excluding hydrogens is 329 g/mol. The number of aryl methyl sites for hydroxylation is 1. The monoisotopic (exact) mass is 349 g/mol. The maximum atomic E-state index is 13.5. The van der Waals surface area contributed by atoms with Crippen LogP contribution in [0.25, 0.3) is 0 Å². The number of rotatable bonds is 5. The largest absolute Gasteiger partial charge is 0.337 e. The van der Waals surface area contributed by atoms with Crippen molar-refractivity contribution in [2.24, 2.45) is 7.05 Å². The third-order valence-corrected chi connectivity index (χ3v) is 5.08. The van der Waals surface area contributed by atoms with E-state index in [4.69, 9.17) is 0 Å². The predicted octanol–water partition coefficient (Wildman–Crippen LogP) is 2.59. The molecule has 1 saturated heterocycles. The first-order chi connectivity index (χ1) is 11.7. The number of benzene rings is 1. The smallest absolute Gasteiger partial charge is 0.318 e. The van der Waals surface area contributed by atoms with Gasteiger partial charge in [0.2, 0.25) is 0 Å². The fourth-order valence-corrected chi connectivity index (χ4v) is 3.66. The molecule has 1 aliphatic rings. The van der Waals surface area contributed by atoms with Crippen LogP contribution in [0.1, 0.15) is 24.7 Å². The van der Waals surface area contributed by atoms with Crippen molar-refractivity contribution in [1.82, 2.24) is 25.0 Å². The van der Waals surface area contributed by atoms with Crippen LogP contribution in [-0.2, 0) is 7.05 Å². The average molecular weight is 349 g/mol. The van der Waals surface area contributed by atoms with Crippen molar-refractivity contribution < 1.29 is 9.18 Å². The van der Waals surface area contributed by atoms with Gasteiger partial charge in [-0.05, 0) is 25.0 Å². The van der Waals surface area contributed by atoms with Gasteiger partial charge in [-0.3, -0.25) is 0 Å². The second-order valence-electron chi connectivity index (χ2n) is 5.66. The Hall–Kier alpha value is -2.09. The van der Waals surface area contributed by atoms with Crippen molar-refractivity contribution in [3.05, 3.63) is 42.2 Å². The van der Waals surface area contributed by atoms with Gasteiger partial charge in [-0.1, -0.05) is 12.1 Å². The van der Waals surface area contributed by atoms with Crippen LogP contribution in [0.2, 0.25) is 0 Å². The number of carbonyl (C=O) groups excluding carboxylic acids is 1. The first kappa shape index (κ1) is 16.8. The number of carbonyl (C=O) groups is 1. The highest BCUT2D eigenvalue weighted by molar-refractivity contribution is 7.99. The molecule has 2 aromatic rings. The molecule has 0 radical (unpaired) electrons. The van der Waals surface area contributed by atoms with Crippen LogP contribution in [0.3, 0.4) is 0 Å². The molecule has 8 heteroatoms. The maximum absolute atomic E-state index is 13.5. The Balaban J connectivity index is 1.50. The van der Waals surface area contributed by atoms with E-state index < -0.39 is 0 Å². The van der Waals surface area contributed by atoms with E-state index in [2.05, 4.69) is 15.5 Å². The molecule has 2 amide bonds. The lowest BCUT2D eigenvalue weighted by Gasteiger charge is -2.24. The van der Waals surface area contributed by atoms with Crippen LogP contribution in [0.15, 0.2) is 35.5 Å². The number of thioether (sulfide) groups is 1. The lowest BCUT2D eigenvalue weighted by atomic mass is 10.2. The van der Waals surface area contributed by atoms with Gasteiger partial charge < -0.3 is 14.8 Å². The number of hydrogen-bond donors (Lipinski definition) is 1. The summed E-state index contributed by atoms with van der Waals surface area (Å²) in [6.45, 7) is 1.20. The van der Waals surface area contributed by atoms with Gasteiger partial charge in [-0.2, -0.15) is 0 Å². The summed E-state index contributed by atoms with van der Waals surface area (Å²) in [4.78, 5) is 14.8. The van der Waals surface area contributed by atoms with E-state index in [1.54, 1.807) is 29.4 Å². The standard InChI is InChI=1S/C16H20FN5OS/c1-21-11-19-20-15(21)13-6-4-9-22(13)16(23)18-8-10-24-14-7-3-2-5-12(14)17/h2-3,5,7,11,13H,4,6,8-10H2,1H3,(H,18,23)/t13-/m1/s1. The molecule has 0 spiro atoms. The Morgan fingerprint density at radius 3 is 3.04 bits per heavy atom. The van der Waals surface area contributed by atoms with Crippen molar-refractivity contribution in [3.8, 4) is 0 Å². The number of nitrogens with one attached hydrogen (secondary N) is 1. The Morgan fingerprint density at radius 2 is 2.29 bits per heavy atom. The fraction of sp³-hybridized carbons (Fsp3) is 0.438. The van der Waals surface area contributed by atoms with E-state index in [1.807, 2.05) is 11.6 Å². The molecular formula is C16H20FN5OS. The van der Waals surface area contributed by atoms with E-state index in [9.17, 15) is 9.18 Å². The van der Waals surface area contributed by atoms with E-state index in [1.165, 1.54) is 17.8 Å². The number of hydrogen-bond acceptors (Lipinski definition) is 4. The lowest BCUT2D eigenvalue weighted by Crippen LogP contribution is -2.40. The van der Waals surface area contributed by atoms with E-state index in [0.29, 0.717) is 23.7 Å².